The van der Waals surface area contributed by atoms with Crippen molar-refractivity contribution in [1.29, 1.82) is 0 Å². The lowest BCUT2D eigenvalue weighted by molar-refractivity contribution is 0.0992. The van der Waals surface area contributed by atoms with Crippen LogP contribution in [0.1, 0.15) is 28.4 Å². The number of halogens is 1. The minimum Gasteiger partial charge on any atom is -0.293 e. The van der Waals surface area contributed by atoms with E-state index in [0.29, 0.717) is 15.5 Å². The Balaban J connectivity index is 2.24. The van der Waals surface area contributed by atoms with Gasteiger partial charge < -0.3 is 0 Å². The zero-order valence-corrected chi connectivity index (χ0v) is 13.8. The molecule has 0 saturated carbocycles. The lowest BCUT2D eigenvalue weighted by Crippen LogP contribution is -2.23. The molecule has 2 atom stereocenters. The quantitative estimate of drug-likeness (QED) is 0.785. The van der Waals surface area contributed by atoms with Crippen LogP contribution in [0.5, 0.6) is 0 Å². The maximum atomic E-state index is 12.5. The second-order valence-corrected chi connectivity index (χ2v) is 7.27. The number of hydrogen-bond acceptors (Lipinski definition) is 2. The molecule has 2 rings (SSSR count). The Hall–Kier alpha value is -1.45. The van der Waals surface area contributed by atoms with E-state index in [1.165, 1.54) is 0 Å². The lowest BCUT2D eigenvalue weighted by atomic mass is 10.0. The van der Waals surface area contributed by atoms with Crippen molar-refractivity contribution in [3.63, 3.8) is 0 Å². The van der Waals surface area contributed by atoms with Crippen LogP contribution in [0.25, 0.3) is 0 Å². The third-order valence-corrected chi connectivity index (χ3v) is 5.37. The maximum absolute atomic E-state index is 12.5. The Kier molecular flexibility index (Phi) is 4.96. The first-order valence-corrected chi connectivity index (χ1v) is 8.27. The second-order valence-electron chi connectivity index (χ2n) is 5.06. The van der Waals surface area contributed by atoms with Gasteiger partial charge in [-0.3, -0.25) is 9.00 Å². The van der Waals surface area contributed by atoms with E-state index >= 15 is 0 Å². The van der Waals surface area contributed by atoms with Crippen LogP contribution in [-0.2, 0) is 10.8 Å². The van der Waals surface area contributed by atoms with Gasteiger partial charge in [-0.1, -0.05) is 23.7 Å². The second kappa shape index (κ2) is 6.54. The number of rotatable bonds is 4. The summed E-state index contributed by atoms with van der Waals surface area (Å²) in [6.07, 6.45) is 0. The molecule has 0 radical (unpaired) electrons. The van der Waals surface area contributed by atoms with Crippen LogP contribution >= 0.6 is 11.6 Å². The largest absolute Gasteiger partial charge is 0.293 e. The first kappa shape index (κ1) is 15.9. The molecule has 0 aliphatic carbocycles. The monoisotopic (exact) mass is 320 g/mol. The van der Waals surface area contributed by atoms with E-state index in [1.54, 1.807) is 37.3 Å². The van der Waals surface area contributed by atoms with E-state index in [2.05, 4.69) is 0 Å². The molecule has 2 aromatic rings. The van der Waals surface area contributed by atoms with Gasteiger partial charge in [-0.25, -0.2) is 0 Å². The molecule has 0 saturated heterocycles. The normalized spacial score (nSPS) is 13.7. The van der Waals surface area contributed by atoms with E-state index in [0.717, 1.165) is 11.1 Å². The minimum atomic E-state index is -1.39. The molecule has 0 aliphatic heterocycles. The van der Waals surface area contributed by atoms with Gasteiger partial charge in [0.15, 0.2) is 5.78 Å². The number of ketones is 1. The molecule has 0 aromatic heterocycles. The van der Waals surface area contributed by atoms with Gasteiger partial charge in [0.25, 0.3) is 0 Å². The average Bonchev–Trinajstić information content (AvgIpc) is 2.48. The Morgan fingerprint density at radius 2 is 1.67 bits per heavy atom. The molecule has 21 heavy (non-hydrogen) atoms. The Morgan fingerprint density at radius 1 is 1.05 bits per heavy atom. The third kappa shape index (κ3) is 3.60. The first-order valence-electron chi connectivity index (χ1n) is 6.68. The summed E-state index contributed by atoms with van der Waals surface area (Å²) in [4.78, 5) is 13.1. The van der Waals surface area contributed by atoms with Crippen LogP contribution < -0.4 is 0 Å². The zero-order chi connectivity index (χ0) is 15.6. The van der Waals surface area contributed by atoms with Crippen molar-refractivity contribution in [2.75, 3.05) is 0 Å². The number of carbonyl (C=O) groups is 1. The number of hydrogen-bond donors (Lipinski definition) is 0. The summed E-state index contributed by atoms with van der Waals surface area (Å²) in [6.45, 7) is 5.66. The molecular weight excluding hydrogens is 304 g/mol. The Labute approximate surface area is 132 Å². The lowest BCUT2D eigenvalue weighted by Gasteiger charge is -2.12. The highest BCUT2D eigenvalue weighted by atomic mass is 35.5. The number of benzene rings is 2. The van der Waals surface area contributed by atoms with Gasteiger partial charge in [0.2, 0.25) is 0 Å². The highest BCUT2D eigenvalue weighted by molar-refractivity contribution is 7.86. The summed E-state index contributed by atoms with van der Waals surface area (Å²) in [5.74, 6) is -0.105. The standard InChI is InChI=1S/C17H17ClO2S/c1-11-4-5-14(10-12(11)2)17(19)13(3)21(20)16-8-6-15(18)7-9-16/h4-10,13H,1-3H3. The van der Waals surface area contributed by atoms with Crippen molar-refractivity contribution in [2.24, 2.45) is 0 Å². The van der Waals surface area contributed by atoms with E-state index in [1.807, 2.05) is 26.0 Å². The van der Waals surface area contributed by atoms with E-state index in [9.17, 15) is 9.00 Å². The van der Waals surface area contributed by atoms with Crippen molar-refractivity contribution < 1.29 is 9.00 Å². The molecule has 2 aromatic carbocycles. The Morgan fingerprint density at radius 3 is 2.24 bits per heavy atom. The first-order chi connectivity index (χ1) is 9.90. The highest BCUT2D eigenvalue weighted by Gasteiger charge is 2.23. The number of carbonyl (C=O) groups excluding carboxylic acids is 1. The summed E-state index contributed by atoms with van der Waals surface area (Å²) in [5.41, 5.74) is 2.80. The van der Waals surface area contributed by atoms with Gasteiger partial charge in [0.1, 0.15) is 0 Å². The molecule has 0 aliphatic rings. The molecular formula is C17H17ClO2S. The van der Waals surface area contributed by atoms with Gasteiger partial charge >= 0.3 is 0 Å². The van der Waals surface area contributed by atoms with Crippen molar-refractivity contribution in [2.45, 2.75) is 30.9 Å². The summed E-state index contributed by atoms with van der Waals surface area (Å²) in [7, 11) is -1.39. The van der Waals surface area contributed by atoms with Crippen molar-refractivity contribution in [3.05, 3.63) is 64.2 Å². The summed E-state index contributed by atoms with van der Waals surface area (Å²) >= 11 is 5.82. The molecule has 0 heterocycles. The van der Waals surface area contributed by atoms with Crippen molar-refractivity contribution in [1.82, 2.24) is 0 Å². The van der Waals surface area contributed by atoms with Crippen molar-refractivity contribution in [3.8, 4) is 0 Å². The number of Topliss-reactive ketones (excluding diaryl/α,β-unsaturated/α-hetero) is 1. The fourth-order valence-electron chi connectivity index (χ4n) is 2.00. The molecule has 2 unspecified atom stereocenters. The molecule has 0 N–H and O–H groups in total. The predicted octanol–water partition coefficient (Wildman–Crippen LogP) is 4.34. The topological polar surface area (TPSA) is 34.1 Å². The minimum absolute atomic E-state index is 0.105. The third-order valence-electron chi connectivity index (χ3n) is 3.53. The van der Waals surface area contributed by atoms with Crippen LogP contribution in [0.4, 0.5) is 0 Å². The SMILES string of the molecule is Cc1ccc(C(=O)C(C)S(=O)c2ccc(Cl)cc2)cc1C. The molecule has 4 heteroatoms. The Bertz CT molecular complexity index is 692. The van der Waals surface area contributed by atoms with Crippen LogP contribution in [-0.4, -0.2) is 15.2 Å². The summed E-state index contributed by atoms with van der Waals surface area (Å²) in [6, 6.07) is 12.3. The smallest absolute Gasteiger partial charge is 0.178 e. The van der Waals surface area contributed by atoms with Gasteiger partial charge in [-0.05, 0) is 62.2 Å². The molecule has 0 amide bonds. The maximum Gasteiger partial charge on any atom is 0.178 e. The summed E-state index contributed by atoms with van der Waals surface area (Å²) < 4.78 is 12.5. The fraction of sp³-hybridized carbons (Fsp3) is 0.235. The molecule has 0 bridgehead atoms. The average molecular weight is 321 g/mol. The predicted molar refractivity (Wildman–Crippen MR) is 87.6 cm³/mol. The van der Waals surface area contributed by atoms with E-state index in [4.69, 9.17) is 11.6 Å². The molecule has 110 valence electrons. The van der Waals surface area contributed by atoms with Gasteiger partial charge in [0.05, 0.1) is 16.0 Å². The van der Waals surface area contributed by atoms with Gasteiger partial charge in [-0.2, -0.15) is 0 Å². The highest BCUT2D eigenvalue weighted by Crippen LogP contribution is 2.19. The summed E-state index contributed by atoms with van der Waals surface area (Å²) in [5, 5.41) is -0.00262. The fourth-order valence-corrected chi connectivity index (χ4v) is 3.27. The van der Waals surface area contributed by atoms with Crippen molar-refractivity contribution >= 4 is 28.2 Å². The number of aryl methyl sites for hydroxylation is 2. The van der Waals surface area contributed by atoms with Crippen LogP contribution in [0.3, 0.4) is 0 Å². The van der Waals surface area contributed by atoms with E-state index in [-0.39, 0.29) is 5.78 Å². The van der Waals surface area contributed by atoms with Crippen LogP contribution in [0.2, 0.25) is 5.02 Å². The molecule has 0 spiro atoms. The molecule has 0 fully saturated rings. The van der Waals surface area contributed by atoms with E-state index < -0.39 is 16.0 Å². The van der Waals surface area contributed by atoms with Crippen LogP contribution in [0, 0.1) is 13.8 Å². The van der Waals surface area contributed by atoms with Gasteiger partial charge in [-0.15, -0.1) is 0 Å². The van der Waals surface area contributed by atoms with Gasteiger partial charge in [0, 0.05) is 15.5 Å². The van der Waals surface area contributed by atoms with Crippen LogP contribution in [0.15, 0.2) is 47.4 Å². The molecule has 2 nitrogen and oxygen atoms in total. The zero-order valence-electron chi connectivity index (χ0n) is 12.2.